The van der Waals surface area contributed by atoms with E-state index < -0.39 is 33.5 Å². The predicted molar refractivity (Wildman–Crippen MR) is 214 cm³/mol. The normalized spacial score (nSPS) is 13.1. The molecule has 1 N–H and O–H groups in total. The van der Waals surface area contributed by atoms with E-state index in [4.69, 9.17) is 18.9 Å². The molecule has 12 nitrogen and oxygen atoms in total. The van der Waals surface area contributed by atoms with Crippen molar-refractivity contribution >= 4 is 39.2 Å². The van der Waals surface area contributed by atoms with E-state index in [9.17, 15) is 27.6 Å². The van der Waals surface area contributed by atoms with E-state index in [-0.39, 0.29) is 32.0 Å². The van der Waals surface area contributed by atoms with Gasteiger partial charge in [0.15, 0.2) is 0 Å². The zero-order valence-corrected chi connectivity index (χ0v) is 31.3. The Balaban J connectivity index is 0.834. The Morgan fingerprint density at radius 1 is 0.373 bits per heavy atom. The number of carbonyl (C=O) groups is 4. The maximum Gasteiger partial charge on any atom is 0.266 e. The highest BCUT2D eigenvalue weighted by Crippen LogP contribution is 2.36. The van der Waals surface area contributed by atoms with E-state index in [1.165, 1.54) is 48.5 Å². The fourth-order valence-corrected chi connectivity index (χ4v) is 7.80. The summed E-state index contributed by atoms with van der Waals surface area (Å²) in [6.07, 6.45) is 0. The third kappa shape index (κ3) is 7.25. The van der Waals surface area contributed by atoms with E-state index in [0.29, 0.717) is 51.7 Å². The lowest BCUT2D eigenvalue weighted by Crippen LogP contribution is -2.29. The molecule has 2 aliphatic rings. The molecule has 0 saturated carbocycles. The molecule has 13 heteroatoms. The summed E-state index contributed by atoms with van der Waals surface area (Å²) in [6, 6.07) is 43.6. The Hall–Kier alpha value is -8.03. The summed E-state index contributed by atoms with van der Waals surface area (Å²) in [4.78, 5) is 52.2. The molecule has 2 aliphatic heterocycles. The second-order valence-electron chi connectivity index (χ2n) is 13.3. The molecule has 59 heavy (non-hydrogen) atoms. The first kappa shape index (κ1) is 36.6. The van der Waals surface area contributed by atoms with Gasteiger partial charge in [0.1, 0.15) is 46.0 Å². The lowest BCUT2D eigenvalue weighted by Gasteiger charge is -2.14. The third-order valence-electron chi connectivity index (χ3n) is 9.42. The van der Waals surface area contributed by atoms with Crippen LogP contribution < -0.4 is 29.2 Å². The van der Waals surface area contributed by atoms with Gasteiger partial charge in [-0.1, -0.05) is 24.3 Å². The van der Waals surface area contributed by atoms with Crippen LogP contribution in [0.15, 0.2) is 174 Å². The fourth-order valence-electron chi connectivity index (χ4n) is 6.54. The molecule has 0 saturated heterocycles. The van der Waals surface area contributed by atoms with Gasteiger partial charge in [-0.2, -0.15) is 0 Å². The van der Waals surface area contributed by atoms with E-state index >= 15 is 0 Å². The number of hydrogen-bond donors (Lipinski definition) is 1. The van der Waals surface area contributed by atoms with Crippen LogP contribution in [0.3, 0.4) is 0 Å². The average Bonchev–Trinajstić information content (AvgIpc) is 3.67. The lowest BCUT2D eigenvalue weighted by molar-refractivity contribution is 0.0874. The molecule has 9 rings (SSSR count). The van der Waals surface area contributed by atoms with Gasteiger partial charge in [0.05, 0.1) is 37.7 Å². The summed E-state index contributed by atoms with van der Waals surface area (Å²) in [5, 5.41) is 2.25. The van der Waals surface area contributed by atoms with Crippen molar-refractivity contribution < 1.29 is 46.5 Å². The summed E-state index contributed by atoms with van der Waals surface area (Å²) < 4.78 is 50.3. The van der Waals surface area contributed by atoms with Gasteiger partial charge < -0.3 is 18.9 Å². The van der Waals surface area contributed by atoms with E-state index in [1.807, 2.05) is 18.2 Å². The minimum atomic E-state index is -3.81. The number of ether oxygens (including phenoxy) is 4. The van der Waals surface area contributed by atoms with Crippen molar-refractivity contribution in [3.63, 3.8) is 0 Å². The van der Waals surface area contributed by atoms with Crippen molar-refractivity contribution in [2.24, 2.45) is 0 Å². The van der Waals surface area contributed by atoms with Gasteiger partial charge in [-0.05, 0) is 133 Å². The number of anilines is 1. The van der Waals surface area contributed by atoms with Gasteiger partial charge >= 0.3 is 0 Å². The van der Waals surface area contributed by atoms with Gasteiger partial charge in [0.2, 0.25) is 9.84 Å². The van der Waals surface area contributed by atoms with Crippen LogP contribution in [0.5, 0.6) is 46.0 Å². The molecule has 0 atom stereocenters. The number of benzene rings is 7. The number of nitrogens with one attached hydrogen (secondary N) is 1. The second-order valence-corrected chi connectivity index (χ2v) is 15.2. The SMILES string of the molecule is O=C1NC(=O)c2cc(Oc3cccc(Oc4ccc5c(c4)C(=O)N(c4ccc(Oc6ccc(S(=O)(=O)c7ccc(Oc8ccccc8)cc7)cc6)cc4)C5=O)c3)ccc21. The molecule has 0 aromatic heterocycles. The number of carbonyl (C=O) groups excluding carboxylic acids is 4. The van der Waals surface area contributed by atoms with Crippen molar-refractivity contribution in [3.8, 4) is 46.0 Å². The van der Waals surface area contributed by atoms with Crippen LogP contribution in [0.1, 0.15) is 41.4 Å². The number of hydrogen-bond acceptors (Lipinski definition) is 10. The zero-order valence-electron chi connectivity index (χ0n) is 30.5. The first-order chi connectivity index (χ1) is 28.6. The first-order valence-electron chi connectivity index (χ1n) is 18.0. The highest BCUT2D eigenvalue weighted by molar-refractivity contribution is 7.91. The largest absolute Gasteiger partial charge is 0.457 e. The Bertz CT molecular complexity index is 2930. The summed E-state index contributed by atoms with van der Waals surface area (Å²) in [6.45, 7) is 0. The maximum absolute atomic E-state index is 13.6. The standard InChI is InChI=1S/C46H28N2O10S/c49-43-39-23-17-35(26-41(39)44(50)47-43)57-33-7-4-8-34(25-33)58-36-18-24-40-42(27-36)46(52)48(45(40)51)28-9-11-30(12-10-28)56-32-15-21-38(22-16-32)59(53,54)37-19-13-31(14-20-37)55-29-5-2-1-3-6-29/h1-27H,(H,47,49,50). The number of para-hydroxylation sites is 1. The molecule has 0 aliphatic carbocycles. The monoisotopic (exact) mass is 800 g/mol. The zero-order chi connectivity index (χ0) is 40.7. The van der Waals surface area contributed by atoms with Gasteiger partial charge in [-0.3, -0.25) is 24.5 Å². The third-order valence-corrected chi connectivity index (χ3v) is 11.2. The lowest BCUT2D eigenvalue weighted by atomic mass is 10.1. The minimum Gasteiger partial charge on any atom is -0.457 e. The van der Waals surface area contributed by atoms with Gasteiger partial charge in [-0.25, -0.2) is 13.3 Å². The quantitative estimate of drug-likeness (QED) is 0.125. The Morgan fingerprint density at radius 2 is 0.780 bits per heavy atom. The molecule has 7 aromatic rings. The maximum atomic E-state index is 13.6. The van der Waals surface area contributed by atoms with E-state index in [0.717, 1.165) is 4.90 Å². The van der Waals surface area contributed by atoms with Crippen LogP contribution >= 0.6 is 0 Å². The highest BCUT2D eigenvalue weighted by Gasteiger charge is 2.37. The number of rotatable bonds is 11. The van der Waals surface area contributed by atoms with Crippen molar-refractivity contribution in [3.05, 3.63) is 186 Å². The Labute approximate surface area is 336 Å². The van der Waals surface area contributed by atoms with Gasteiger partial charge in [0, 0.05) is 6.07 Å². The number of fused-ring (bicyclic) bond motifs is 2. The van der Waals surface area contributed by atoms with Gasteiger partial charge in [0.25, 0.3) is 23.6 Å². The van der Waals surface area contributed by atoms with Crippen molar-refractivity contribution in [1.82, 2.24) is 5.32 Å². The number of nitrogens with zero attached hydrogens (tertiary/aromatic N) is 1. The van der Waals surface area contributed by atoms with Crippen LogP contribution in [-0.2, 0) is 9.84 Å². The summed E-state index contributed by atoms with van der Waals surface area (Å²) >= 11 is 0. The van der Waals surface area contributed by atoms with Crippen LogP contribution in [-0.4, -0.2) is 32.0 Å². The molecular formula is C46H28N2O10S. The van der Waals surface area contributed by atoms with E-state index in [2.05, 4.69) is 5.32 Å². The molecular weight excluding hydrogens is 773 g/mol. The average molecular weight is 801 g/mol. The second kappa shape index (κ2) is 14.8. The van der Waals surface area contributed by atoms with Crippen LogP contribution in [0.25, 0.3) is 0 Å². The van der Waals surface area contributed by atoms with Crippen LogP contribution in [0, 0.1) is 0 Å². The van der Waals surface area contributed by atoms with E-state index in [1.54, 1.807) is 97.1 Å². The summed E-state index contributed by atoms with van der Waals surface area (Å²) in [5.74, 6) is 1.38. The number of imide groups is 2. The predicted octanol–water partition coefficient (Wildman–Crippen LogP) is 9.37. The number of amides is 4. The van der Waals surface area contributed by atoms with Gasteiger partial charge in [-0.15, -0.1) is 0 Å². The van der Waals surface area contributed by atoms with Crippen molar-refractivity contribution in [1.29, 1.82) is 0 Å². The van der Waals surface area contributed by atoms with Crippen molar-refractivity contribution in [2.45, 2.75) is 9.79 Å². The van der Waals surface area contributed by atoms with Crippen LogP contribution in [0.4, 0.5) is 5.69 Å². The fraction of sp³-hybridized carbons (Fsp3) is 0. The molecule has 0 spiro atoms. The molecule has 0 radical (unpaired) electrons. The first-order valence-corrected chi connectivity index (χ1v) is 19.5. The summed E-state index contributed by atoms with van der Waals surface area (Å²) in [5.41, 5.74) is 1.21. The molecule has 4 amide bonds. The topological polar surface area (TPSA) is 155 Å². The highest BCUT2D eigenvalue weighted by atomic mass is 32.2. The molecule has 0 unspecified atom stereocenters. The van der Waals surface area contributed by atoms with Crippen LogP contribution in [0.2, 0.25) is 0 Å². The molecule has 0 fully saturated rings. The Kier molecular flexibility index (Phi) is 9.18. The molecule has 7 aromatic carbocycles. The smallest absolute Gasteiger partial charge is 0.266 e. The number of sulfone groups is 1. The molecule has 0 bridgehead atoms. The Morgan fingerprint density at radius 3 is 1.36 bits per heavy atom. The molecule has 288 valence electrons. The summed E-state index contributed by atoms with van der Waals surface area (Å²) in [7, 11) is -3.81. The minimum absolute atomic E-state index is 0.0855. The van der Waals surface area contributed by atoms with Crippen molar-refractivity contribution in [2.75, 3.05) is 4.90 Å². The molecule has 2 heterocycles.